The second-order valence-electron chi connectivity index (χ2n) is 6.87. The molecule has 0 bridgehead atoms. The number of rotatable bonds is 2. The molecule has 3 aromatic carbocycles. The Morgan fingerprint density at radius 2 is 1.69 bits per heavy atom. The molecule has 1 atom stereocenters. The van der Waals surface area contributed by atoms with Crippen LogP contribution in [0.25, 0.3) is 0 Å². The van der Waals surface area contributed by atoms with Crippen LogP contribution >= 0.6 is 23.4 Å². The number of anilines is 1. The molecule has 0 saturated heterocycles. The van der Waals surface area contributed by atoms with Gasteiger partial charge < -0.3 is 4.84 Å². The molecular weight excluding hydrogens is 402 g/mol. The lowest BCUT2D eigenvalue weighted by Crippen LogP contribution is -2.47. The molecule has 0 spiro atoms. The molecule has 0 fully saturated rings. The minimum atomic E-state index is -0.801. The van der Waals surface area contributed by atoms with Crippen LogP contribution in [0.4, 0.5) is 11.4 Å². The normalized spacial score (nSPS) is 20.1. The van der Waals surface area contributed by atoms with E-state index in [0.29, 0.717) is 11.4 Å². The van der Waals surface area contributed by atoms with Crippen molar-refractivity contribution in [2.24, 2.45) is 10.1 Å². The second kappa shape index (κ2) is 7.25. The third-order valence-corrected chi connectivity index (χ3v) is 6.14. The summed E-state index contributed by atoms with van der Waals surface area (Å²) in [5.41, 5.74) is 3.04. The van der Waals surface area contributed by atoms with Gasteiger partial charge in [0.15, 0.2) is 5.84 Å². The number of amidine groups is 1. The average molecular weight is 420 g/mol. The summed E-state index contributed by atoms with van der Waals surface area (Å²) >= 11 is 7.76. The molecule has 0 aliphatic carbocycles. The smallest absolute Gasteiger partial charge is 0.247 e. The van der Waals surface area contributed by atoms with Crippen molar-refractivity contribution in [1.82, 2.24) is 0 Å². The Morgan fingerprint density at radius 1 is 0.966 bits per heavy atom. The van der Waals surface area contributed by atoms with Gasteiger partial charge >= 0.3 is 0 Å². The van der Waals surface area contributed by atoms with Crippen molar-refractivity contribution in [2.75, 3.05) is 11.2 Å². The number of benzene rings is 3. The van der Waals surface area contributed by atoms with Crippen molar-refractivity contribution in [1.29, 1.82) is 0 Å². The molecule has 6 heteroatoms. The zero-order valence-electron chi connectivity index (χ0n) is 15.7. The molecule has 0 amide bonds. The average Bonchev–Trinajstić information content (AvgIpc) is 3.07. The van der Waals surface area contributed by atoms with E-state index in [9.17, 15) is 0 Å². The molecule has 29 heavy (non-hydrogen) atoms. The van der Waals surface area contributed by atoms with Gasteiger partial charge in [-0.15, -0.1) is 11.8 Å². The number of fused-ring (bicyclic) bond motifs is 3. The highest BCUT2D eigenvalue weighted by Crippen LogP contribution is 2.49. The lowest BCUT2D eigenvalue weighted by Gasteiger charge is -2.36. The topological polar surface area (TPSA) is 37.2 Å². The van der Waals surface area contributed by atoms with Crippen molar-refractivity contribution >= 4 is 45.6 Å². The Morgan fingerprint density at radius 3 is 2.45 bits per heavy atom. The Labute approximate surface area is 178 Å². The number of halogens is 1. The second-order valence-corrected chi connectivity index (χ2v) is 8.19. The number of aliphatic imine (C=N–C) groups is 1. The Balaban J connectivity index is 1.75. The lowest BCUT2D eigenvalue weighted by atomic mass is 9.96. The van der Waals surface area contributed by atoms with Crippen LogP contribution in [0, 0.1) is 0 Å². The summed E-state index contributed by atoms with van der Waals surface area (Å²) in [5.74, 6) is 0.746. The Bertz CT molecular complexity index is 1110. The largest absolute Gasteiger partial charge is 0.359 e. The van der Waals surface area contributed by atoms with Crippen molar-refractivity contribution < 1.29 is 4.84 Å². The summed E-state index contributed by atoms with van der Waals surface area (Å²) < 4.78 is 0. The van der Waals surface area contributed by atoms with Crippen LogP contribution in [0.15, 0.2) is 89.0 Å². The standard InChI is InChI=1S/C23H18ClN3OS/c1-29-21-15-23(17-7-3-2-4-8-17)27(20-10-6-5-9-19(20)25-21)22(26-28-23)16-11-13-18(24)14-12-16/h2-14H,15H2,1H3. The summed E-state index contributed by atoms with van der Waals surface area (Å²) in [6.07, 6.45) is 2.64. The molecule has 0 radical (unpaired) electrons. The van der Waals surface area contributed by atoms with Crippen LogP contribution in [-0.2, 0) is 10.6 Å². The van der Waals surface area contributed by atoms with Gasteiger partial charge in [-0.25, -0.2) is 4.99 Å². The number of oxime groups is 1. The summed E-state index contributed by atoms with van der Waals surface area (Å²) in [5, 5.41) is 6.26. The maximum Gasteiger partial charge on any atom is 0.247 e. The first kappa shape index (κ1) is 18.3. The maximum absolute atomic E-state index is 6.28. The van der Waals surface area contributed by atoms with E-state index in [1.807, 2.05) is 66.9 Å². The zero-order chi connectivity index (χ0) is 19.8. The highest BCUT2D eigenvalue weighted by Gasteiger charge is 2.51. The quantitative estimate of drug-likeness (QED) is 0.497. The van der Waals surface area contributed by atoms with Crippen molar-refractivity contribution in [2.45, 2.75) is 12.1 Å². The maximum atomic E-state index is 6.28. The molecule has 4 nitrogen and oxygen atoms in total. The summed E-state index contributed by atoms with van der Waals surface area (Å²) in [6.45, 7) is 0. The molecular formula is C23H18ClN3OS. The number of hydrogen-bond donors (Lipinski definition) is 0. The molecule has 0 N–H and O–H groups in total. The van der Waals surface area contributed by atoms with Crippen LogP contribution in [0.3, 0.4) is 0 Å². The molecule has 5 rings (SSSR count). The summed E-state index contributed by atoms with van der Waals surface area (Å²) in [4.78, 5) is 13.4. The fraction of sp³-hybridized carbons (Fsp3) is 0.130. The van der Waals surface area contributed by atoms with Gasteiger partial charge in [0.05, 0.1) is 22.8 Å². The van der Waals surface area contributed by atoms with Crippen molar-refractivity contribution in [3.8, 4) is 0 Å². The monoisotopic (exact) mass is 419 g/mol. The van der Waals surface area contributed by atoms with Crippen molar-refractivity contribution in [3.05, 3.63) is 95.0 Å². The predicted molar refractivity (Wildman–Crippen MR) is 121 cm³/mol. The number of hydrogen-bond acceptors (Lipinski definition) is 5. The SMILES string of the molecule is CSC1=Nc2ccccc2N2C(c3ccc(Cl)cc3)=NOC2(c2ccccc2)C1. The Kier molecular flexibility index (Phi) is 4.57. The molecule has 2 heterocycles. The minimum Gasteiger partial charge on any atom is -0.359 e. The molecule has 0 aromatic heterocycles. The molecule has 2 aliphatic heterocycles. The summed E-state index contributed by atoms with van der Waals surface area (Å²) in [6, 6.07) is 26.0. The lowest BCUT2D eigenvalue weighted by molar-refractivity contribution is -0.0148. The molecule has 2 aliphatic rings. The first-order valence-electron chi connectivity index (χ1n) is 9.30. The van der Waals surface area contributed by atoms with Crippen LogP contribution in [-0.4, -0.2) is 17.1 Å². The molecule has 1 unspecified atom stereocenters. The van der Waals surface area contributed by atoms with Crippen LogP contribution in [0.2, 0.25) is 5.02 Å². The fourth-order valence-corrected chi connectivity index (χ4v) is 4.45. The van der Waals surface area contributed by atoms with Crippen LogP contribution < -0.4 is 4.90 Å². The van der Waals surface area contributed by atoms with Gasteiger partial charge in [-0.1, -0.05) is 59.2 Å². The van der Waals surface area contributed by atoms with E-state index in [2.05, 4.69) is 28.3 Å². The van der Waals surface area contributed by atoms with Gasteiger partial charge in [-0.05, 0) is 42.7 Å². The van der Waals surface area contributed by atoms with E-state index in [1.165, 1.54) is 0 Å². The van der Waals surface area contributed by atoms with Gasteiger partial charge in [0.1, 0.15) is 0 Å². The van der Waals surface area contributed by atoms with Crippen LogP contribution in [0.1, 0.15) is 17.5 Å². The highest BCUT2D eigenvalue weighted by molar-refractivity contribution is 8.13. The number of thioether (sulfide) groups is 1. The third kappa shape index (κ3) is 3.02. The van der Waals surface area contributed by atoms with Gasteiger partial charge in [0.2, 0.25) is 5.72 Å². The van der Waals surface area contributed by atoms with Gasteiger partial charge in [0, 0.05) is 16.1 Å². The van der Waals surface area contributed by atoms with E-state index in [1.54, 1.807) is 11.8 Å². The van der Waals surface area contributed by atoms with E-state index in [4.69, 9.17) is 21.4 Å². The first-order valence-corrected chi connectivity index (χ1v) is 10.9. The van der Waals surface area contributed by atoms with E-state index >= 15 is 0 Å². The van der Waals surface area contributed by atoms with Gasteiger partial charge in [-0.3, -0.25) is 4.90 Å². The Hall–Kier alpha value is -2.76. The van der Waals surface area contributed by atoms with Crippen LogP contribution in [0.5, 0.6) is 0 Å². The number of nitrogens with zero attached hydrogens (tertiary/aromatic N) is 3. The fourth-order valence-electron chi connectivity index (χ4n) is 3.80. The number of para-hydroxylation sites is 2. The molecule has 3 aromatic rings. The predicted octanol–water partition coefficient (Wildman–Crippen LogP) is 6.19. The molecule has 144 valence electrons. The highest BCUT2D eigenvalue weighted by atomic mass is 35.5. The summed E-state index contributed by atoms with van der Waals surface area (Å²) in [7, 11) is 0. The van der Waals surface area contributed by atoms with Gasteiger partial charge in [-0.2, -0.15) is 0 Å². The van der Waals surface area contributed by atoms with Gasteiger partial charge in [0.25, 0.3) is 0 Å². The minimum absolute atomic E-state index is 0.591. The first-order chi connectivity index (χ1) is 14.2. The molecule has 0 saturated carbocycles. The van der Waals surface area contributed by atoms with E-state index < -0.39 is 5.72 Å². The van der Waals surface area contributed by atoms with E-state index in [-0.39, 0.29) is 0 Å². The zero-order valence-corrected chi connectivity index (χ0v) is 17.3. The third-order valence-electron chi connectivity index (χ3n) is 5.18. The van der Waals surface area contributed by atoms with Crippen molar-refractivity contribution in [3.63, 3.8) is 0 Å². The van der Waals surface area contributed by atoms with E-state index in [0.717, 1.165) is 33.4 Å².